The first-order valence-corrected chi connectivity index (χ1v) is 10.4. The van der Waals surface area contributed by atoms with Gasteiger partial charge in [0.15, 0.2) is 0 Å². The molecule has 2 aromatic carbocycles. The Morgan fingerprint density at radius 3 is 2.43 bits per heavy atom. The molecule has 3 aromatic rings. The van der Waals surface area contributed by atoms with E-state index in [1.807, 2.05) is 30.3 Å². The number of carbonyl (C=O) groups excluding carboxylic acids is 3. The van der Waals surface area contributed by atoms with Crippen LogP contribution >= 0.6 is 15.9 Å². The van der Waals surface area contributed by atoms with E-state index in [2.05, 4.69) is 21.2 Å². The number of rotatable bonds is 5. The van der Waals surface area contributed by atoms with Crippen molar-refractivity contribution in [1.29, 1.82) is 0 Å². The summed E-state index contributed by atoms with van der Waals surface area (Å²) in [6.45, 7) is 1.68. The summed E-state index contributed by atoms with van der Waals surface area (Å²) in [7, 11) is 0. The minimum absolute atomic E-state index is 0.0234. The molecule has 8 heteroatoms. The van der Waals surface area contributed by atoms with Crippen LogP contribution in [0.2, 0.25) is 0 Å². The van der Waals surface area contributed by atoms with Crippen molar-refractivity contribution < 1.29 is 19.1 Å². The number of ether oxygens (including phenoxy) is 1. The standard InChI is InChI=1S/C22H20BrN3O4/c23-15-5-7-16(8-6-15)24-20(27)14-26-13-18(17-3-1-2-4-19(17)26)21(28)22(29)25-9-11-30-12-10-25/h1-8,13H,9-12,14H2,(H,24,27). The van der Waals surface area contributed by atoms with E-state index in [1.165, 1.54) is 4.90 Å². The van der Waals surface area contributed by atoms with Crippen LogP contribution in [0.15, 0.2) is 59.2 Å². The predicted molar refractivity (Wildman–Crippen MR) is 116 cm³/mol. The first-order valence-electron chi connectivity index (χ1n) is 9.57. The van der Waals surface area contributed by atoms with Crippen LogP contribution in [-0.2, 0) is 20.9 Å². The number of ketones is 1. The molecule has 154 valence electrons. The normalized spacial score (nSPS) is 14.0. The second-order valence-electron chi connectivity index (χ2n) is 6.98. The van der Waals surface area contributed by atoms with Gasteiger partial charge in [-0.15, -0.1) is 0 Å². The predicted octanol–water partition coefficient (Wildman–Crippen LogP) is 3.08. The lowest BCUT2D eigenvalue weighted by Crippen LogP contribution is -2.44. The van der Waals surface area contributed by atoms with Crippen LogP contribution in [0.4, 0.5) is 5.69 Å². The largest absolute Gasteiger partial charge is 0.378 e. The molecule has 0 spiro atoms. The summed E-state index contributed by atoms with van der Waals surface area (Å²) in [4.78, 5) is 39.7. The smallest absolute Gasteiger partial charge is 0.295 e. The van der Waals surface area contributed by atoms with Gasteiger partial charge in [0.25, 0.3) is 11.7 Å². The third kappa shape index (κ3) is 4.29. The molecule has 2 amide bonds. The van der Waals surface area contributed by atoms with Gasteiger partial charge in [0, 0.05) is 40.3 Å². The Labute approximate surface area is 181 Å². The molecule has 7 nitrogen and oxygen atoms in total. The number of hydrogen-bond acceptors (Lipinski definition) is 4. The van der Waals surface area contributed by atoms with E-state index < -0.39 is 11.7 Å². The van der Waals surface area contributed by atoms with E-state index in [9.17, 15) is 14.4 Å². The Morgan fingerprint density at radius 2 is 1.70 bits per heavy atom. The lowest BCUT2D eigenvalue weighted by Gasteiger charge is -2.25. The second kappa shape index (κ2) is 8.81. The van der Waals surface area contributed by atoms with Gasteiger partial charge >= 0.3 is 0 Å². The molecule has 1 N–H and O–H groups in total. The fraction of sp³-hybridized carbons (Fsp3) is 0.227. The van der Waals surface area contributed by atoms with Crippen molar-refractivity contribution in [3.8, 4) is 0 Å². The Kier molecular flexibility index (Phi) is 5.96. The van der Waals surface area contributed by atoms with Crippen molar-refractivity contribution in [2.24, 2.45) is 0 Å². The Balaban J connectivity index is 1.57. The fourth-order valence-electron chi connectivity index (χ4n) is 3.47. The maximum Gasteiger partial charge on any atom is 0.295 e. The molecule has 1 saturated heterocycles. The highest BCUT2D eigenvalue weighted by Gasteiger charge is 2.27. The zero-order chi connectivity index (χ0) is 21.1. The monoisotopic (exact) mass is 469 g/mol. The van der Waals surface area contributed by atoms with Gasteiger partial charge in [-0.05, 0) is 30.3 Å². The summed E-state index contributed by atoms with van der Waals surface area (Å²) in [5.74, 6) is -1.34. The number of amides is 2. The van der Waals surface area contributed by atoms with Gasteiger partial charge in [-0.2, -0.15) is 0 Å². The summed E-state index contributed by atoms with van der Waals surface area (Å²) in [6, 6.07) is 14.5. The second-order valence-corrected chi connectivity index (χ2v) is 7.89. The summed E-state index contributed by atoms with van der Waals surface area (Å²) < 4.78 is 7.87. The minimum atomic E-state index is -0.569. The van der Waals surface area contributed by atoms with E-state index in [4.69, 9.17) is 4.74 Å². The van der Waals surface area contributed by atoms with E-state index in [0.29, 0.717) is 42.9 Å². The van der Waals surface area contributed by atoms with Crippen LogP contribution in [0, 0.1) is 0 Å². The number of morpholine rings is 1. The molecular formula is C22H20BrN3O4. The Hall–Kier alpha value is -2.97. The first-order chi connectivity index (χ1) is 14.5. The number of carbonyl (C=O) groups is 3. The lowest BCUT2D eigenvalue weighted by atomic mass is 10.1. The number of anilines is 1. The number of benzene rings is 2. The van der Waals surface area contributed by atoms with Crippen molar-refractivity contribution in [3.05, 3.63) is 64.8 Å². The lowest BCUT2D eigenvalue weighted by molar-refractivity contribution is -0.130. The number of nitrogens with zero attached hydrogens (tertiary/aromatic N) is 2. The van der Waals surface area contributed by atoms with Gasteiger partial charge in [0.2, 0.25) is 5.91 Å². The average Bonchev–Trinajstić information content (AvgIpc) is 3.13. The molecule has 0 saturated carbocycles. The Bertz CT molecular complexity index is 1100. The molecule has 0 unspecified atom stereocenters. The minimum Gasteiger partial charge on any atom is -0.378 e. The van der Waals surface area contributed by atoms with Gasteiger partial charge in [0.05, 0.1) is 18.8 Å². The average molecular weight is 470 g/mol. The highest BCUT2D eigenvalue weighted by atomic mass is 79.9. The zero-order valence-corrected chi connectivity index (χ0v) is 17.7. The molecule has 0 bridgehead atoms. The zero-order valence-electron chi connectivity index (χ0n) is 16.1. The molecule has 1 fully saturated rings. The Morgan fingerprint density at radius 1 is 1.00 bits per heavy atom. The number of hydrogen-bond donors (Lipinski definition) is 1. The van der Waals surface area contributed by atoms with Gasteiger partial charge in [-0.25, -0.2) is 0 Å². The SMILES string of the molecule is O=C(Cn1cc(C(=O)C(=O)N2CCOCC2)c2ccccc21)Nc1ccc(Br)cc1. The summed E-state index contributed by atoms with van der Waals surface area (Å²) >= 11 is 3.36. The van der Waals surface area contributed by atoms with E-state index in [0.717, 1.165) is 9.99 Å². The molecule has 1 aliphatic heterocycles. The summed E-state index contributed by atoms with van der Waals surface area (Å²) in [5.41, 5.74) is 1.71. The van der Waals surface area contributed by atoms with Crippen LogP contribution < -0.4 is 5.32 Å². The number of fused-ring (bicyclic) bond motifs is 1. The fourth-order valence-corrected chi connectivity index (χ4v) is 3.74. The maximum absolute atomic E-state index is 12.9. The molecule has 0 radical (unpaired) electrons. The van der Waals surface area contributed by atoms with Crippen LogP contribution in [-0.4, -0.2) is 53.4 Å². The molecule has 0 atom stereocenters. The van der Waals surface area contributed by atoms with Crippen LogP contribution in [0.1, 0.15) is 10.4 Å². The van der Waals surface area contributed by atoms with Gasteiger partial charge in [0.1, 0.15) is 6.54 Å². The molecule has 4 rings (SSSR count). The summed E-state index contributed by atoms with van der Waals surface area (Å²) in [6.07, 6.45) is 1.59. The van der Waals surface area contributed by atoms with Crippen molar-refractivity contribution in [3.63, 3.8) is 0 Å². The number of nitrogens with one attached hydrogen (secondary N) is 1. The van der Waals surface area contributed by atoms with E-state index in [1.54, 1.807) is 29.0 Å². The third-order valence-corrected chi connectivity index (χ3v) is 5.50. The van der Waals surface area contributed by atoms with Crippen LogP contribution in [0.3, 0.4) is 0 Å². The maximum atomic E-state index is 12.9. The third-order valence-electron chi connectivity index (χ3n) is 4.97. The highest BCUT2D eigenvalue weighted by Crippen LogP contribution is 2.23. The topological polar surface area (TPSA) is 80.6 Å². The molecular weight excluding hydrogens is 450 g/mol. The number of aromatic nitrogens is 1. The van der Waals surface area contributed by atoms with E-state index in [-0.39, 0.29) is 12.5 Å². The molecule has 1 aromatic heterocycles. The van der Waals surface area contributed by atoms with Gasteiger partial charge < -0.3 is 19.5 Å². The number of para-hydroxylation sites is 1. The quantitative estimate of drug-likeness (QED) is 0.459. The van der Waals surface area contributed by atoms with Crippen molar-refractivity contribution in [1.82, 2.24) is 9.47 Å². The van der Waals surface area contributed by atoms with Gasteiger partial charge in [-0.1, -0.05) is 34.1 Å². The summed E-state index contributed by atoms with van der Waals surface area (Å²) in [5, 5.41) is 3.49. The number of Topliss-reactive ketones (excluding diaryl/α,β-unsaturated/α-hetero) is 1. The van der Waals surface area contributed by atoms with Gasteiger partial charge in [-0.3, -0.25) is 14.4 Å². The molecule has 0 aliphatic carbocycles. The van der Waals surface area contributed by atoms with Crippen LogP contribution in [0.5, 0.6) is 0 Å². The highest BCUT2D eigenvalue weighted by molar-refractivity contribution is 9.10. The molecule has 2 heterocycles. The first kappa shape index (κ1) is 20.3. The number of halogens is 1. The van der Waals surface area contributed by atoms with Crippen molar-refractivity contribution in [2.75, 3.05) is 31.6 Å². The van der Waals surface area contributed by atoms with Crippen molar-refractivity contribution >= 4 is 50.1 Å². The molecule has 30 heavy (non-hydrogen) atoms. The van der Waals surface area contributed by atoms with E-state index >= 15 is 0 Å². The van der Waals surface area contributed by atoms with Crippen molar-refractivity contribution in [2.45, 2.75) is 6.54 Å². The molecule has 1 aliphatic rings. The van der Waals surface area contributed by atoms with Crippen LogP contribution in [0.25, 0.3) is 10.9 Å².